The minimum Gasteiger partial charge on any atom is -0.497 e. The second kappa shape index (κ2) is 6.06. The summed E-state index contributed by atoms with van der Waals surface area (Å²) in [5.41, 5.74) is 3.79. The van der Waals surface area contributed by atoms with E-state index in [1.165, 1.54) is 12.1 Å². The lowest BCUT2D eigenvalue weighted by atomic mass is 10.2. The molecular weight excluding hydrogens is 274 g/mol. The summed E-state index contributed by atoms with van der Waals surface area (Å²) in [5, 5.41) is 14.0. The summed E-state index contributed by atoms with van der Waals surface area (Å²) in [6.07, 6.45) is 0. The molecule has 0 aliphatic heterocycles. The van der Waals surface area contributed by atoms with Crippen molar-refractivity contribution in [2.45, 2.75) is 6.92 Å². The van der Waals surface area contributed by atoms with Gasteiger partial charge < -0.3 is 15.5 Å². The average Bonchev–Trinajstić information content (AvgIpc) is 2.48. The second-order valence-corrected chi connectivity index (χ2v) is 4.27. The number of ether oxygens (including phenoxy) is 1. The summed E-state index contributed by atoms with van der Waals surface area (Å²) in [4.78, 5) is 14.6. The first-order valence-corrected chi connectivity index (χ1v) is 6.09. The Morgan fingerprint density at radius 3 is 2.67 bits per heavy atom. The van der Waals surface area contributed by atoms with Gasteiger partial charge in [-0.1, -0.05) is 0 Å². The number of pyridine rings is 1. The first-order valence-electron chi connectivity index (χ1n) is 6.09. The Morgan fingerprint density at radius 1 is 1.33 bits per heavy atom. The molecule has 2 aromatic rings. The third kappa shape index (κ3) is 3.18. The Hall–Kier alpha value is -2.87. The molecule has 0 fully saturated rings. The molecule has 0 spiro atoms. The lowest BCUT2D eigenvalue weighted by Gasteiger charge is -2.11. The van der Waals surface area contributed by atoms with E-state index in [4.69, 9.17) is 10.6 Å². The van der Waals surface area contributed by atoms with Gasteiger partial charge in [0.2, 0.25) is 5.82 Å². The van der Waals surface area contributed by atoms with Crippen molar-refractivity contribution in [1.82, 2.24) is 4.98 Å². The number of nitrogens with two attached hydrogens (primary N) is 1. The number of nitro groups is 1. The zero-order chi connectivity index (χ0) is 15.4. The minimum absolute atomic E-state index is 0.115. The molecule has 1 aromatic carbocycles. The van der Waals surface area contributed by atoms with Crippen LogP contribution in [0, 0.1) is 17.0 Å². The molecule has 4 N–H and O–H groups in total. The number of hydrogen-bond acceptors (Lipinski definition) is 7. The van der Waals surface area contributed by atoms with Crippen LogP contribution in [0.3, 0.4) is 0 Å². The number of hydrazine groups is 1. The molecule has 21 heavy (non-hydrogen) atoms. The smallest absolute Gasteiger partial charge is 0.311 e. The van der Waals surface area contributed by atoms with Crippen LogP contribution in [-0.2, 0) is 0 Å². The molecule has 0 saturated carbocycles. The molecule has 0 amide bonds. The van der Waals surface area contributed by atoms with E-state index >= 15 is 0 Å². The highest BCUT2D eigenvalue weighted by Gasteiger charge is 2.16. The molecule has 0 bridgehead atoms. The Kier molecular flexibility index (Phi) is 4.19. The largest absolute Gasteiger partial charge is 0.497 e. The number of hydrogen-bond donors (Lipinski definition) is 3. The summed E-state index contributed by atoms with van der Waals surface area (Å²) in [6, 6.07) is 8.11. The van der Waals surface area contributed by atoms with Crippen molar-refractivity contribution in [2.75, 3.05) is 17.9 Å². The fourth-order valence-electron chi connectivity index (χ4n) is 1.80. The summed E-state index contributed by atoms with van der Waals surface area (Å²) in [7, 11) is 1.57. The fraction of sp³-hybridized carbons (Fsp3) is 0.154. The predicted octanol–water partition coefficient (Wildman–Crippen LogP) is 2.34. The van der Waals surface area contributed by atoms with Gasteiger partial charge >= 0.3 is 5.69 Å². The number of nitrogens with zero attached hydrogens (tertiary/aromatic N) is 2. The Bertz CT molecular complexity index is 675. The van der Waals surface area contributed by atoms with E-state index in [0.29, 0.717) is 17.3 Å². The van der Waals surface area contributed by atoms with Crippen LogP contribution in [0.5, 0.6) is 5.75 Å². The molecule has 110 valence electrons. The SMILES string of the molecule is COc1ccc(Nc2nc(NN)ccc2[N+](=O)[O-])c(C)c1. The Labute approximate surface area is 121 Å². The predicted molar refractivity (Wildman–Crippen MR) is 79.7 cm³/mol. The molecule has 0 atom stereocenters. The third-order valence-electron chi connectivity index (χ3n) is 2.91. The van der Waals surface area contributed by atoms with Crippen molar-refractivity contribution in [2.24, 2.45) is 5.84 Å². The van der Waals surface area contributed by atoms with Crippen LogP contribution in [-0.4, -0.2) is 17.0 Å². The van der Waals surface area contributed by atoms with Crippen LogP contribution in [0.15, 0.2) is 30.3 Å². The number of nitrogen functional groups attached to an aromatic ring is 1. The molecule has 1 aromatic heterocycles. The van der Waals surface area contributed by atoms with Gasteiger partial charge in [0.1, 0.15) is 11.6 Å². The monoisotopic (exact) mass is 289 g/mol. The van der Waals surface area contributed by atoms with Crippen molar-refractivity contribution < 1.29 is 9.66 Å². The maximum Gasteiger partial charge on any atom is 0.311 e. The standard InChI is InChI=1S/C13H15N5O3/c1-8-7-9(21-2)3-4-10(8)15-13-11(18(19)20)5-6-12(16-13)17-14/h3-7H,14H2,1-2H3,(H2,15,16,17). The van der Waals surface area contributed by atoms with Crippen LogP contribution in [0.2, 0.25) is 0 Å². The number of methoxy groups -OCH3 is 1. The summed E-state index contributed by atoms with van der Waals surface area (Å²) in [5.74, 6) is 6.43. The molecular formula is C13H15N5O3. The lowest BCUT2D eigenvalue weighted by molar-refractivity contribution is -0.384. The maximum absolute atomic E-state index is 11.1. The van der Waals surface area contributed by atoms with Crippen LogP contribution in [0.1, 0.15) is 5.56 Å². The molecule has 8 nitrogen and oxygen atoms in total. The highest BCUT2D eigenvalue weighted by Crippen LogP contribution is 2.29. The number of benzene rings is 1. The van der Waals surface area contributed by atoms with Gasteiger partial charge in [-0.3, -0.25) is 10.1 Å². The molecule has 0 aliphatic rings. The molecule has 0 aliphatic carbocycles. The molecule has 1 heterocycles. The molecule has 0 radical (unpaired) electrons. The van der Waals surface area contributed by atoms with Crippen molar-refractivity contribution >= 4 is 23.0 Å². The first kappa shape index (κ1) is 14.5. The third-order valence-corrected chi connectivity index (χ3v) is 2.91. The van der Waals surface area contributed by atoms with Crippen LogP contribution < -0.4 is 21.3 Å². The van der Waals surface area contributed by atoms with E-state index in [1.54, 1.807) is 19.2 Å². The average molecular weight is 289 g/mol. The van der Waals surface area contributed by atoms with E-state index in [2.05, 4.69) is 15.7 Å². The second-order valence-electron chi connectivity index (χ2n) is 4.27. The van der Waals surface area contributed by atoms with Crippen molar-refractivity contribution in [1.29, 1.82) is 0 Å². The van der Waals surface area contributed by atoms with E-state index < -0.39 is 4.92 Å². The van der Waals surface area contributed by atoms with Gasteiger partial charge in [0.05, 0.1) is 12.0 Å². The minimum atomic E-state index is -0.505. The van der Waals surface area contributed by atoms with Crippen LogP contribution in [0.4, 0.5) is 23.0 Å². The number of nitrogens with one attached hydrogen (secondary N) is 2. The summed E-state index contributed by atoms with van der Waals surface area (Å²) >= 11 is 0. The van der Waals surface area contributed by atoms with Crippen molar-refractivity contribution in [3.8, 4) is 5.75 Å². The first-order chi connectivity index (χ1) is 10.0. The summed E-state index contributed by atoms with van der Waals surface area (Å²) < 4.78 is 5.12. The van der Waals surface area contributed by atoms with Crippen LogP contribution in [0.25, 0.3) is 0 Å². The van der Waals surface area contributed by atoms with Gasteiger partial charge in [-0.2, -0.15) is 0 Å². The molecule has 2 rings (SSSR count). The maximum atomic E-state index is 11.1. The molecule has 8 heteroatoms. The van der Waals surface area contributed by atoms with E-state index in [9.17, 15) is 10.1 Å². The van der Waals surface area contributed by atoms with Gasteiger partial charge in [0.15, 0.2) is 0 Å². The van der Waals surface area contributed by atoms with E-state index in [-0.39, 0.29) is 11.5 Å². The Balaban J connectivity index is 2.40. The van der Waals surface area contributed by atoms with Gasteiger partial charge in [-0.05, 0) is 36.8 Å². The number of aromatic nitrogens is 1. The molecule has 0 saturated heterocycles. The van der Waals surface area contributed by atoms with E-state index in [0.717, 1.165) is 5.56 Å². The van der Waals surface area contributed by atoms with Gasteiger partial charge in [0, 0.05) is 11.8 Å². The highest BCUT2D eigenvalue weighted by molar-refractivity contribution is 5.69. The number of anilines is 3. The van der Waals surface area contributed by atoms with Gasteiger partial charge in [0.25, 0.3) is 0 Å². The van der Waals surface area contributed by atoms with Gasteiger partial charge in [-0.25, -0.2) is 10.8 Å². The summed E-state index contributed by atoms with van der Waals surface area (Å²) in [6.45, 7) is 1.86. The van der Waals surface area contributed by atoms with Crippen LogP contribution >= 0.6 is 0 Å². The van der Waals surface area contributed by atoms with Crippen molar-refractivity contribution in [3.05, 3.63) is 46.0 Å². The zero-order valence-corrected chi connectivity index (χ0v) is 11.6. The topological polar surface area (TPSA) is 115 Å². The number of aryl methyl sites for hydroxylation is 1. The molecule has 0 unspecified atom stereocenters. The van der Waals surface area contributed by atoms with E-state index in [1.807, 2.05) is 13.0 Å². The lowest BCUT2D eigenvalue weighted by Crippen LogP contribution is -2.10. The normalized spacial score (nSPS) is 10.0. The highest BCUT2D eigenvalue weighted by atomic mass is 16.6. The fourth-order valence-corrected chi connectivity index (χ4v) is 1.80. The Morgan fingerprint density at radius 2 is 2.10 bits per heavy atom. The van der Waals surface area contributed by atoms with Crippen molar-refractivity contribution in [3.63, 3.8) is 0 Å². The zero-order valence-electron chi connectivity index (χ0n) is 11.6. The van der Waals surface area contributed by atoms with Gasteiger partial charge in [-0.15, -0.1) is 0 Å². The quantitative estimate of drug-likeness (QED) is 0.439. The number of rotatable bonds is 5.